The Hall–Kier alpha value is -2.53. The molecule has 1 aliphatic rings. The van der Waals surface area contributed by atoms with Crippen LogP contribution in [0, 0.1) is 0 Å². The van der Waals surface area contributed by atoms with Gasteiger partial charge in [-0.3, -0.25) is 4.79 Å². The molecule has 1 aliphatic heterocycles. The van der Waals surface area contributed by atoms with Gasteiger partial charge in [-0.2, -0.15) is 0 Å². The van der Waals surface area contributed by atoms with Gasteiger partial charge in [-0.1, -0.05) is 31.2 Å². The summed E-state index contributed by atoms with van der Waals surface area (Å²) >= 11 is 0. The molecule has 2 aromatic carbocycles. The van der Waals surface area contributed by atoms with Crippen molar-refractivity contribution in [3.05, 3.63) is 59.7 Å². The summed E-state index contributed by atoms with van der Waals surface area (Å²) in [5.41, 5.74) is 1.59. The number of hydrogen-bond acceptors (Lipinski definition) is 4. The van der Waals surface area contributed by atoms with E-state index in [1.807, 2.05) is 42.5 Å². The normalized spacial score (nSPS) is 17.3. The van der Waals surface area contributed by atoms with Crippen molar-refractivity contribution in [3.63, 3.8) is 0 Å². The molecule has 27 heavy (non-hydrogen) atoms. The molecule has 3 rings (SSSR count). The SMILES string of the molecule is CCC(NC(=O)c1ccccc1OCC1CCCO1)c1ccc(OC)cc1. The molecule has 1 heterocycles. The number of rotatable bonds is 8. The maximum absolute atomic E-state index is 12.9. The molecule has 0 radical (unpaired) electrons. The highest BCUT2D eigenvalue weighted by atomic mass is 16.5. The Morgan fingerprint density at radius 1 is 1.22 bits per heavy atom. The molecule has 5 nitrogen and oxygen atoms in total. The van der Waals surface area contributed by atoms with Gasteiger partial charge in [0.2, 0.25) is 0 Å². The summed E-state index contributed by atoms with van der Waals surface area (Å²) < 4.78 is 16.7. The van der Waals surface area contributed by atoms with E-state index in [0.717, 1.165) is 37.2 Å². The maximum Gasteiger partial charge on any atom is 0.255 e. The molecule has 0 bridgehead atoms. The van der Waals surface area contributed by atoms with Crippen LogP contribution in [-0.2, 0) is 4.74 Å². The largest absolute Gasteiger partial charge is 0.497 e. The van der Waals surface area contributed by atoms with E-state index in [-0.39, 0.29) is 18.1 Å². The molecule has 2 unspecified atom stereocenters. The van der Waals surface area contributed by atoms with E-state index in [0.29, 0.717) is 17.9 Å². The highest BCUT2D eigenvalue weighted by Gasteiger charge is 2.20. The Balaban J connectivity index is 1.68. The summed E-state index contributed by atoms with van der Waals surface area (Å²) in [6.07, 6.45) is 2.97. The number of benzene rings is 2. The summed E-state index contributed by atoms with van der Waals surface area (Å²) in [4.78, 5) is 12.9. The Bertz CT molecular complexity index is 738. The van der Waals surface area contributed by atoms with Crippen molar-refractivity contribution in [3.8, 4) is 11.5 Å². The van der Waals surface area contributed by atoms with E-state index in [9.17, 15) is 4.79 Å². The van der Waals surface area contributed by atoms with Crippen molar-refractivity contribution in [1.82, 2.24) is 5.32 Å². The first-order chi connectivity index (χ1) is 13.2. The fourth-order valence-electron chi connectivity index (χ4n) is 3.23. The average Bonchev–Trinajstić information content (AvgIpc) is 3.24. The lowest BCUT2D eigenvalue weighted by Crippen LogP contribution is -2.29. The van der Waals surface area contributed by atoms with E-state index in [1.54, 1.807) is 13.2 Å². The third-order valence-corrected chi connectivity index (χ3v) is 4.81. The van der Waals surface area contributed by atoms with Crippen LogP contribution in [0.2, 0.25) is 0 Å². The van der Waals surface area contributed by atoms with Gasteiger partial charge < -0.3 is 19.5 Å². The van der Waals surface area contributed by atoms with E-state index >= 15 is 0 Å². The Morgan fingerprint density at radius 2 is 2.00 bits per heavy atom. The fraction of sp³-hybridized carbons (Fsp3) is 0.409. The van der Waals surface area contributed by atoms with Crippen molar-refractivity contribution >= 4 is 5.91 Å². The second kappa shape index (κ2) is 9.42. The van der Waals surface area contributed by atoms with Crippen LogP contribution in [-0.4, -0.2) is 32.3 Å². The highest BCUT2D eigenvalue weighted by molar-refractivity contribution is 5.97. The number of ether oxygens (including phenoxy) is 3. The number of carbonyl (C=O) groups is 1. The van der Waals surface area contributed by atoms with Crippen LogP contribution in [0.3, 0.4) is 0 Å². The van der Waals surface area contributed by atoms with Gasteiger partial charge in [0.05, 0.1) is 24.8 Å². The molecule has 1 N–H and O–H groups in total. The van der Waals surface area contributed by atoms with Gasteiger partial charge in [0, 0.05) is 6.61 Å². The molecule has 2 atom stereocenters. The highest BCUT2D eigenvalue weighted by Crippen LogP contribution is 2.24. The van der Waals surface area contributed by atoms with Crippen LogP contribution in [0.5, 0.6) is 11.5 Å². The van der Waals surface area contributed by atoms with E-state index in [2.05, 4.69) is 12.2 Å². The van der Waals surface area contributed by atoms with Crippen molar-refractivity contribution in [2.75, 3.05) is 20.3 Å². The number of amides is 1. The topological polar surface area (TPSA) is 56.8 Å². The van der Waals surface area contributed by atoms with Crippen molar-refractivity contribution < 1.29 is 19.0 Å². The summed E-state index contributed by atoms with van der Waals surface area (Å²) in [7, 11) is 1.64. The van der Waals surface area contributed by atoms with Crippen LogP contribution < -0.4 is 14.8 Å². The summed E-state index contributed by atoms with van der Waals surface area (Å²) in [5.74, 6) is 1.25. The quantitative estimate of drug-likeness (QED) is 0.760. The Labute approximate surface area is 160 Å². The molecule has 2 aromatic rings. The minimum Gasteiger partial charge on any atom is -0.497 e. The third-order valence-electron chi connectivity index (χ3n) is 4.81. The lowest BCUT2D eigenvalue weighted by atomic mass is 10.0. The first-order valence-corrected chi connectivity index (χ1v) is 9.49. The van der Waals surface area contributed by atoms with E-state index in [1.165, 1.54) is 0 Å². The number of carbonyl (C=O) groups excluding carboxylic acids is 1. The Kier molecular flexibility index (Phi) is 6.71. The smallest absolute Gasteiger partial charge is 0.255 e. The number of hydrogen-bond donors (Lipinski definition) is 1. The van der Waals surface area contributed by atoms with Gasteiger partial charge in [0.15, 0.2) is 0 Å². The second-order valence-corrected chi connectivity index (χ2v) is 6.65. The minimum absolute atomic E-state index is 0.0744. The second-order valence-electron chi connectivity index (χ2n) is 6.65. The maximum atomic E-state index is 12.9. The van der Waals surface area contributed by atoms with E-state index < -0.39 is 0 Å². The zero-order valence-electron chi connectivity index (χ0n) is 15.9. The summed E-state index contributed by atoms with van der Waals surface area (Å²) in [5, 5.41) is 3.11. The molecule has 0 saturated carbocycles. The monoisotopic (exact) mass is 369 g/mol. The van der Waals surface area contributed by atoms with Gasteiger partial charge in [-0.25, -0.2) is 0 Å². The zero-order valence-corrected chi connectivity index (χ0v) is 15.9. The molecule has 1 fully saturated rings. The molecule has 5 heteroatoms. The summed E-state index contributed by atoms with van der Waals surface area (Å²) in [6.45, 7) is 3.31. The van der Waals surface area contributed by atoms with Crippen molar-refractivity contribution in [2.45, 2.75) is 38.3 Å². The molecule has 0 aliphatic carbocycles. The molecule has 144 valence electrons. The van der Waals surface area contributed by atoms with Gasteiger partial charge in [0.1, 0.15) is 18.1 Å². The number of methoxy groups -OCH3 is 1. The Morgan fingerprint density at radius 3 is 2.67 bits per heavy atom. The first-order valence-electron chi connectivity index (χ1n) is 9.49. The predicted octanol–water partition coefficient (Wildman–Crippen LogP) is 4.13. The van der Waals surface area contributed by atoms with Crippen molar-refractivity contribution in [1.29, 1.82) is 0 Å². The lowest BCUT2D eigenvalue weighted by Gasteiger charge is -2.19. The third kappa shape index (κ3) is 5.01. The summed E-state index contributed by atoms with van der Waals surface area (Å²) in [6, 6.07) is 15.0. The lowest BCUT2D eigenvalue weighted by molar-refractivity contribution is 0.0670. The molecule has 1 saturated heterocycles. The average molecular weight is 369 g/mol. The standard InChI is InChI=1S/C22H27NO4/c1-3-20(16-10-12-17(25-2)13-11-16)23-22(24)19-8-4-5-9-21(19)27-15-18-7-6-14-26-18/h4-5,8-13,18,20H,3,6-7,14-15H2,1-2H3,(H,23,24). The van der Waals surface area contributed by atoms with Crippen molar-refractivity contribution in [2.24, 2.45) is 0 Å². The van der Waals surface area contributed by atoms with Crippen LogP contribution in [0.4, 0.5) is 0 Å². The fourth-order valence-corrected chi connectivity index (χ4v) is 3.23. The van der Waals surface area contributed by atoms with Gasteiger partial charge in [-0.05, 0) is 49.1 Å². The van der Waals surface area contributed by atoms with E-state index in [4.69, 9.17) is 14.2 Å². The molecule has 0 spiro atoms. The first kappa shape index (κ1) is 19.2. The molecular weight excluding hydrogens is 342 g/mol. The van der Waals surface area contributed by atoms with Crippen LogP contribution in [0.25, 0.3) is 0 Å². The molecule has 0 aromatic heterocycles. The minimum atomic E-state index is -0.138. The van der Waals surface area contributed by atoms with Crippen LogP contribution in [0.1, 0.15) is 48.1 Å². The predicted molar refractivity (Wildman–Crippen MR) is 104 cm³/mol. The zero-order chi connectivity index (χ0) is 19.1. The van der Waals surface area contributed by atoms with Crippen LogP contribution >= 0.6 is 0 Å². The van der Waals surface area contributed by atoms with Gasteiger partial charge in [0.25, 0.3) is 5.91 Å². The molecular formula is C22H27NO4. The number of nitrogens with one attached hydrogen (secondary N) is 1. The molecule has 1 amide bonds. The van der Waals surface area contributed by atoms with Gasteiger partial charge >= 0.3 is 0 Å². The van der Waals surface area contributed by atoms with Crippen LogP contribution in [0.15, 0.2) is 48.5 Å². The van der Waals surface area contributed by atoms with Gasteiger partial charge in [-0.15, -0.1) is 0 Å². The number of para-hydroxylation sites is 1.